The fourth-order valence-corrected chi connectivity index (χ4v) is 8.11. The highest BCUT2D eigenvalue weighted by molar-refractivity contribution is 6.66. The summed E-state index contributed by atoms with van der Waals surface area (Å²) in [6.45, 7) is 14.1. The number of hydrogen-bond acceptors (Lipinski definition) is 3. The molecule has 0 heterocycles. The maximum absolute atomic E-state index is 6.51. The average Bonchev–Trinajstić information content (AvgIpc) is 2.50. The number of nitrogens with one attached hydrogen (secondary N) is 1. The molecular formula is C18H39NO2Si. The molecule has 0 aromatic heterocycles. The Kier molecular flexibility index (Phi) is 9.88. The van der Waals surface area contributed by atoms with Gasteiger partial charge in [0.05, 0.1) is 0 Å². The second-order valence-corrected chi connectivity index (χ2v) is 9.99. The van der Waals surface area contributed by atoms with Crippen molar-refractivity contribution >= 4 is 8.72 Å². The van der Waals surface area contributed by atoms with Gasteiger partial charge in [0.2, 0.25) is 0 Å². The van der Waals surface area contributed by atoms with Gasteiger partial charge in [-0.3, -0.25) is 4.98 Å². The molecule has 0 aliphatic heterocycles. The molecule has 1 aliphatic rings. The molecule has 0 aromatic rings. The summed E-state index contributed by atoms with van der Waals surface area (Å²) in [5.74, 6) is 1.41. The van der Waals surface area contributed by atoms with Gasteiger partial charge in [0, 0.05) is 18.8 Å². The van der Waals surface area contributed by atoms with Crippen molar-refractivity contribution in [2.75, 3.05) is 19.8 Å². The van der Waals surface area contributed by atoms with Gasteiger partial charge in [-0.1, -0.05) is 60.3 Å². The largest absolute Gasteiger partial charge is 0.428 e. The first kappa shape index (κ1) is 20.1. The zero-order valence-corrected chi connectivity index (χ0v) is 16.6. The van der Waals surface area contributed by atoms with E-state index >= 15 is 0 Å². The molecule has 1 rings (SSSR count). The van der Waals surface area contributed by atoms with Crippen LogP contribution in [0.3, 0.4) is 0 Å². The van der Waals surface area contributed by atoms with Crippen LogP contribution in [-0.4, -0.2) is 28.5 Å². The fraction of sp³-hybridized carbons (Fsp3) is 1.00. The van der Waals surface area contributed by atoms with E-state index in [1.165, 1.54) is 32.1 Å². The smallest absolute Gasteiger partial charge is 0.383 e. The molecule has 22 heavy (non-hydrogen) atoms. The van der Waals surface area contributed by atoms with Crippen LogP contribution in [0, 0.1) is 11.8 Å². The summed E-state index contributed by atoms with van der Waals surface area (Å²) in [6.07, 6.45) is 8.56. The molecule has 2 unspecified atom stereocenters. The zero-order chi connectivity index (χ0) is 16.4. The van der Waals surface area contributed by atoms with Gasteiger partial charge in [-0.2, -0.15) is 0 Å². The zero-order valence-electron chi connectivity index (χ0n) is 15.6. The van der Waals surface area contributed by atoms with Crippen molar-refractivity contribution < 1.29 is 8.85 Å². The van der Waals surface area contributed by atoms with Crippen LogP contribution in [0.15, 0.2) is 0 Å². The van der Waals surface area contributed by atoms with E-state index in [2.05, 4.69) is 39.6 Å². The highest BCUT2D eigenvalue weighted by atomic mass is 28.4. The van der Waals surface area contributed by atoms with Gasteiger partial charge in [0.15, 0.2) is 0 Å². The summed E-state index contributed by atoms with van der Waals surface area (Å²) in [6, 6.07) is 0. The van der Waals surface area contributed by atoms with Crippen molar-refractivity contribution in [3.8, 4) is 0 Å². The van der Waals surface area contributed by atoms with E-state index < -0.39 is 8.72 Å². The van der Waals surface area contributed by atoms with Crippen molar-refractivity contribution in [1.82, 2.24) is 4.98 Å². The van der Waals surface area contributed by atoms with Crippen LogP contribution in [0.1, 0.15) is 79.6 Å². The van der Waals surface area contributed by atoms with Crippen molar-refractivity contribution in [2.24, 2.45) is 11.8 Å². The van der Waals surface area contributed by atoms with Crippen molar-refractivity contribution in [3.05, 3.63) is 0 Å². The monoisotopic (exact) mass is 329 g/mol. The van der Waals surface area contributed by atoms with E-state index in [4.69, 9.17) is 8.85 Å². The van der Waals surface area contributed by atoms with Gasteiger partial charge < -0.3 is 8.85 Å². The summed E-state index contributed by atoms with van der Waals surface area (Å²) < 4.78 is 13.0. The molecule has 1 fully saturated rings. The second-order valence-electron chi connectivity index (χ2n) is 7.06. The summed E-state index contributed by atoms with van der Waals surface area (Å²) >= 11 is 0. The normalized spacial score (nSPS) is 26.3. The summed E-state index contributed by atoms with van der Waals surface area (Å²) in [7, 11) is -2.35. The van der Waals surface area contributed by atoms with E-state index in [0.717, 1.165) is 32.6 Å². The van der Waals surface area contributed by atoms with Crippen LogP contribution in [0.2, 0.25) is 5.54 Å². The fourth-order valence-electron chi connectivity index (χ4n) is 3.83. The highest BCUT2D eigenvalue weighted by Gasteiger charge is 2.52. The van der Waals surface area contributed by atoms with E-state index in [1.807, 2.05) is 0 Å². The molecule has 1 aliphatic carbocycles. The van der Waals surface area contributed by atoms with Crippen molar-refractivity contribution in [3.63, 3.8) is 0 Å². The van der Waals surface area contributed by atoms with Crippen LogP contribution < -0.4 is 4.98 Å². The lowest BCUT2D eigenvalue weighted by Crippen LogP contribution is -2.63. The van der Waals surface area contributed by atoms with Crippen molar-refractivity contribution in [2.45, 2.75) is 85.1 Å². The van der Waals surface area contributed by atoms with Gasteiger partial charge >= 0.3 is 8.72 Å². The Morgan fingerprint density at radius 3 is 1.91 bits per heavy atom. The average molecular weight is 330 g/mol. The summed E-state index contributed by atoms with van der Waals surface area (Å²) in [4.78, 5) is 3.83. The van der Waals surface area contributed by atoms with Crippen molar-refractivity contribution in [1.29, 1.82) is 0 Å². The minimum absolute atomic E-state index is 0.580. The predicted octanol–water partition coefficient (Wildman–Crippen LogP) is 4.99. The standard InChI is InChI=1S/C18H39NO2Si/c1-6-9-13-19-22(20-14-7-2,21-15-8-3)18-16(4)11-10-12-17(18)5/h16-19H,6-15H2,1-5H3. The molecule has 132 valence electrons. The Morgan fingerprint density at radius 1 is 0.909 bits per heavy atom. The number of unbranched alkanes of at least 4 members (excludes halogenated alkanes) is 1. The van der Waals surface area contributed by atoms with Gasteiger partial charge in [0.1, 0.15) is 0 Å². The molecule has 1 N–H and O–H groups in total. The number of rotatable bonds is 11. The van der Waals surface area contributed by atoms with Gasteiger partial charge in [-0.15, -0.1) is 0 Å². The minimum atomic E-state index is -2.35. The van der Waals surface area contributed by atoms with Gasteiger partial charge in [-0.05, 0) is 37.6 Å². The Labute approximate surface area is 139 Å². The molecule has 3 nitrogen and oxygen atoms in total. The molecule has 0 radical (unpaired) electrons. The molecule has 2 atom stereocenters. The topological polar surface area (TPSA) is 30.5 Å². The molecule has 0 saturated heterocycles. The van der Waals surface area contributed by atoms with Crippen LogP contribution in [-0.2, 0) is 8.85 Å². The first-order valence-electron chi connectivity index (χ1n) is 9.64. The molecule has 0 spiro atoms. The Balaban J connectivity index is 2.95. The third kappa shape index (κ3) is 5.62. The van der Waals surface area contributed by atoms with E-state index in [1.54, 1.807) is 0 Å². The van der Waals surface area contributed by atoms with Gasteiger partial charge in [0.25, 0.3) is 0 Å². The predicted molar refractivity (Wildman–Crippen MR) is 97.1 cm³/mol. The third-order valence-corrected chi connectivity index (χ3v) is 8.95. The molecule has 1 saturated carbocycles. The highest BCUT2D eigenvalue weighted by Crippen LogP contribution is 2.45. The van der Waals surface area contributed by atoms with E-state index in [0.29, 0.717) is 17.4 Å². The van der Waals surface area contributed by atoms with Crippen LogP contribution in [0.25, 0.3) is 0 Å². The molecule has 0 aromatic carbocycles. The van der Waals surface area contributed by atoms with Gasteiger partial charge in [-0.25, -0.2) is 0 Å². The number of hydrogen-bond donors (Lipinski definition) is 1. The maximum Gasteiger partial charge on any atom is 0.428 e. The van der Waals surface area contributed by atoms with Crippen LogP contribution in [0.5, 0.6) is 0 Å². The minimum Gasteiger partial charge on any atom is -0.383 e. The second kappa shape index (κ2) is 10.8. The maximum atomic E-state index is 6.51. The first-order chi connectivity index (χ1) is 10.6. The van der Waals surface area contributed by atoms with Crippen LogP contribution in [0.4, 0.5) is 0 Å². The molecule has 4 heteroatoms. The quantitative estimate of drug-likeness (QED) is 0.428. The lowest BCUT2D eigenvalue weighted by molar-refractivity contribution is 0.116. The lowest BCUT2D eigenvalue weighted by Gasteiger charge is -2.45. The SMILES string of the molecule is CCCCN[Si](OCCC)(OCCC)C1C(C)CCCC1C. The Bertz CT molecular complexity index is 270. The lowest BCUT2D eigenvalue weighted by atomic mass is 9.83. The molecule has 0 bridgehead atoms. The van der Waals surface area contributed by atoms with E-state index in [9.17, 15) is 0 Å². The third-order valence-electron chi connectivity index (χ3n) is 4.93. The Morgan fingerprint density at radius 2 is 1.45 bits per heavy atom. The summed E-state index contributed by atoms with van der Waals surface area (Å²) in [5, 5.41) is 0. The molecular weight excluding hydrogens is 290 g/mol. The Hall–Kier alpha value is 0.0969. The first-order valence-corrected chi connectivity index (χ1v) is 11.5. The van der Waals surface area contributed by atoms with E-state index in [-0.39, 0.29) is 0 Å². The van der Waals surface area contributed by atoms with Crippen LogP contribution >= 0.6 is 0 Å². The molecule has 0 amide bonds. The summed E-state index contributed by atoms with van der Waals surface area (Å²) in [5.41, 5.74) is 0.580.